The van der Waals surface area contributed by atoms with E-state index in [-0.39, 0.29) is 48.6 Å². The van der Waals surface area contributed by atoms with Gasteiger partial charge in [-0.3, -0.25) is 14.4 Å². The van der Waals surface area contributed by atoms with Crippen molar-refractivity contribution < 1.29 is 19.2 Å². The Morgan fingerprint density at radius 3 is 1.77 bits per heavy atom. The van der Waals surface area contributed by atoms with Gasteiger partial charge in [-0.1, -0.05) is 78.7 Å². The number of halogens is 2. The normalized spacial score (nSPS) is 17.5. The summed E-state index contributed by atoms with van der Waals surface area (Å²) in [4.78, 5) is 57.2. The number of likely N-dealkylation sites (N-methyl/N-ethyl adjacent to an activating group) is 2. The zero-order valence-electron chi connectivity index (χ0n) is 30.4. The monoisotopic (exact) mass is 751 g/mol. The fourth-order valence-electron chi connectivity index (χ4n) is 7.68. The summed E-state index contributed by atoms with van der Waals surface area (Å²) in [6.07, 6.45) is 2.44. The average Bonchev–Trinajstić information content (AvgIpc) is 3.55. The molecule has 274 valence electrons. The predicted molar refractivity (Wildman–Crippen MR) is 214 cm³/mol. The van der Waals surface area contributed by atoms with Gasteiger partial charge in [0, 0.05) is 68.3 Å². The smallest absolute Gasteiger partial charge is 0.246 e. The Bertz CT molecular complexity index is 2140. The van der Waals surface area contributed by atoms with Gasteiger partial charge in [-0.2, -0.15) is 0 Å². The zero-order valence-corrected chi connectivity index (χ0v) is 31.9. The lowest BCUT2D eigenvalue weighted by Crippen LogP contribution is -2.49. The van der Waals surface area contributed by atoms with Crippen molar-refractivity contribution in [3.05, 3.63) is 82.8 Å². The minimum atomic E-state index is -0.0618. The van der Waals surface area contributed by atoms with Crippen LogP contribution in [0.15, 0.2) is 72.8 Å². The van der Waals surface area contributed by atoms with Crippen molar-refractivity contribution in [1.29, 1.82) is 0 Å². The van der Waals surface area contributed by atoms with E-state index >= 15 is 0 Å². The van der Waals surface area contributed by atoms with Crippen LogP contribution in [0.1, 0.15) is 39.5 Å². The number of carbonyl (C=O) groups is 4. The molecule has 11 heteroatoms. The molecule has 1 saturated heterocycles. The molecule has 0 unspecified atom stereocenters. The minimum absolute atomic E-state index is 0.00409. The lowest BCUT2D eigenvalue weighted by molar-refractivity contribution is -0.120. The molecule has 1 fully saturated rings. The number of rotatable bonds is 10. The van der Waals surface area contributed by atoms with E-state index in [1.54, 1.807) is 11.8 Å². The second kappa shape index (κ2) is 14.9. The number of nitrogens with one attached hydrogen (secondary N) is 1. The fourth-order valence-corrected chi connectivity index (χ4v) is 8.35. The molecule has 0 aliphatic carbocycles. The van der Waals surface area contributed by atoms with Gasteiger partial charge in [-0.15, -0.1) is 0 Å². The number of ketones is 1. The highest BCUT2D eigenvalue weighted by Crippen LogP contribution is 2.45. The topological polar surface area (TPSA) is 93.3 Å². The van der Waals surface area contributed by atoms with Crippen LogP contribution in [-0.2, 0) is 19.2 Å². The maximum Gasteiger partial charge on any atom is 0.246 e. The van der Waals surface area contributed by atoms with E-state index in [9.17, 15) is 19.2 Å². The van der Waals surface area contributed by atoms with Crippen molar-refractivity contribution in [2.24, 2.45) is 5.92 Å². The Balaban J connectivity index is 1.19. The Kier molecular flexibility index (Phi) is 10.2. The van der Waals surface area contributed by atoms with Crippen LogP contribution < -0.4 is 24.9 Å². The van der Waals surface area contributed by atoms with Crippen LogP contribution in [0.3, 0.4) is 0 Å². The number of benzene rings is 4. The Morgan fingerprint density at radius 2 is 1.26 bits per heavy atom. The van der Waals surface area contributed by atoms with Gasteiger partial charge in [-0.05, 0) is 61.1 Å². The Morgan fingerprint density at radius 1 is 0.755 bits per heavy atom. The third-order valence-electron chi connectivity index (χ3n) is 10.6. The number of nitrogens with zero attached hydrogens (tertiary/aromatic N) is 4. The van der Waals surface area contributed by atoms with Gasteiger partial charge >= 0.3 is 0 Å². The van der Waals surface area contributed by atoms with Crippen molar-refractivity contribution in [3.63, 3.8) is 0 Å². The number of fused-ring (bicyclic) bond motifs is 2. The first kappa shape index (κ1) is 36.5. The fraction of sp³-hybridized carbons (Fsp3) is 0.333. The number of anilines is 4. The standard InChI is InChI=1S/C42H43Cl2N5O4/c1-25(11-12-26(2)50)21-48-34-16-13-27(19-36(34)46(3)23-39(48)52)30-7-5-9-32(41(30)43)33-10-6-8-31(42(33)44)28-14-17-35-37(20-28)47(4)24-40(53)49(35)22-29-15-18-38(51)45-29/h5-10,13-14,16-17,19-20,25,29H,11-12,15,18,21-24H2,1-4H3,(H,45,51)/t25-,29-/m0/s1. The lowest BCUT2D eigenvalue weighted by Gasteiger charge is -2.37. The molecule has 0 bridgehead atoms. The maximum absolute atomic E-state index is 13.2. The van der Waals surface area contributed by atoms with Crippen LogP contribution in [0.4, 0.5) is 22.7 Å². The van der Waals surface area contributed by atoms with Crippen LogP contribution in [0.2, 0.25) is 10.0 Å². The van der Waals surface area contributed by atoms with E-state index in [1.807, 2.05) is 89.5 Å². The van der Waals surface area contributed by atoms with Crippen molar-refractivity contribution in [1.82, 2.24) is 5.32 Å². The van der Waals surface area contributed by atoms with Gasteiger partial charge in [-0.25, -0.2) is 0 Å². The van der Waals surface area contributed by atoms with E-state index in [2.05, 4.69) is 24.4 Å². The minimum Gasteiger partial charge on any atom is -0.364 e. The van der Waals surface area contributed by atoms with E-state index < -0.39 is 0 Å². The Hall–Kier alpha value is -4.86. The molecule has 2 atom stereocenters. The van der Waals surface area contributed by atoms with Crippen molar-refractivity contribution in [3.8, 4) is 33.4 Å². The molecule has 4 aromatic carbocycles. The van der Waals surface area contributed by atoms with Gasteiger partial charge in [0.1, 0.15) is 5.78 Å². The molecule has 1 N–H and O–H groups in total. The highest BCUT2D eigenvalue weighted by atomic mass is 35.5. The molecule has 3 heterocycles. The summed E-state index contributed by atoms with van der Waals surface area (Å²) in [5.41, 5.74) is 8.61. The molecule has 3 aliphatic rings. The van der Waals surface area contributed by atoms with Crippen LogP contribution in [-0.4, -0.2) is 69.8 Å². The summed E-state index contributed by atoms with van der Waals surface area (Å²) in [6, 6.07) is 23.9. The second-order valence-electron chi connectivity index (χ2n) is 14.6. The van der Waals surface area contributed by atoms with E-state index in [0.717, 1.165) is 62.6 Å². The predicted octanol–water partition coefficient (Wildman–Crippen LogP) is 7.84. The second-order valence-corrected chi connectivity index (χ2v) is 15.4. The van der Waals surface area contributed by atoms with Crippen molar-refractivity contribution in [2.75, 3.05) is 59.9 Å². The summed E-state index contributed by atoms with van der Waals surface area (Å²) in [6.45, 7) is 5.17. The number of hydrogen-bond donors (Lipinski definition) is 1. The first-order valence-corrected chi connectivity index (χ1v) is 18.8. The van der Waals surface area contributed by atoms with Crippen LogP contribution in [0.25, 0.3) is 33.4 Å². The number of Topliss-reactive ketones (excluding diaryl/α,β-unsaturated/α-hetero) is 1. The molecule has 0 radical (unpaired) electrons. The molecule has 7 rings (SSSR count). The highest BCUT2D eigenvalue weighted by molar-refractivity contribution is 6.39. The summed E-state index contributed by atoms with van der Waals surface area (Å²) in [5, 5.41) is 4.10. The van der Waals surface area contributed by atoms with Gasteiger partial charge in [0.05, 0.1) is 45.9 Å². The highest BCUT2D eigenvalue weighted by Gasteiger charge is 2.33. The summed E-state index contributed by atoms with van der Waals surface area (Å²) in [7, 11) is 3.83. The van der Waals surface area contributed by atoms with Gasteiger partial charge in [0.2, 0.25) is 17.7 Å². The molecule has 0 saturated carbocycles. The zero-order chi connectivity index (χ0) is 37.6. The van der Waals surface area contributed by atoms with E-state index in [1.165, 1.54) is 0 Å². The SMILES string of the molecule is CC(=O)CC[C@H](C)CN1C(=O)CN(C)c2cc(-c3cccc(-c4cccc(-c5ccc6c(c5)N(C)CC(=O)N6C[C@@H]5CCC(=O)N5)c4Cl)c3Cl)ccc21. The molecule has 0 aromatic heterocycles. The molecule has 0 spiro atoms. The summed E-state index contributed by atoms with van der Waals surface area (Å²) < 4.78 is 0. The van der Waals surface area contributed by atoms with Gasteiger partial charge < -0.3 is 29.7 Å². The molecular formula is C42H43Cl2N5O4. The number of amides is 3. The Labute approximate surface area is 320 Å². The van der Waals surface area contributed by atoms with Crippen molar-refractivity contribution >= 4 is 69.5 Å². The van der Waals surface area contributed by atoms with Crippen LogP contribution in [0.5, 0.6) is 0 Å². The number of carbonyl (C=O) groups excluding carboxylic acids is 4. The van der Waals surface area contributed by atoms with E-state index in [4.69, 9.17) is 23.2 Å². The maximum atomic E-state index is 13.2. The van der Waals surface area contributed by atoms with Gasteiger partial charge in [0.15, 0.2) is 0 Å². The molecule has 4 aromatic rings. The summed E-state index contributed by atoms with van der Waals surface area (Å²) >= 11 is 14.5. The lowest BCUT2D eigenvalue weighted by atomic mass is 9.94. The average molecular weight is 753 g/mol. The first-order chi connectivity index (χ1) is 25.4. The number of hydrogen-bond acceptors (Lipinski definition) is 6. The van der Waals surface area contributed by atoms with E-state index in [0.29, 0.717) is 42.4 Å². The molecular weight excluding hydrogens is 709 g/mol. The summed E-state index contributed by atoms with van der Waals surface area (Å²) in [5.74, 6) is 0.391. The van der Waals surface area contributed by atoms with Crippen molar-refractivity contribution in [2.45, 2.75) is 45.6 Å². The van der Waals surface area contributed by atoms with Crippen LogP contribution >= 0.6 is 23.2 Å². The third-order valence-corrected chi connectivity index (χ3v) is 11.4. The van der Waals surface area contributed by atoms with Crippen LogP contribution in [0, 0.1) is 5.92 Å². The molecule has 53 heavy (non-hydrogen) atoms. The van der Waals surface area contributed by atoms with Gasteiger partial charge in [0.25, 0.3) is 0 Å². The molecule has 3 aliphatic heterocycles. The molecule has 9 nitrogen and oxygen atoms in total. The third kappa shape index (κ3) is 7.25. The first-order valence-electron chi connectivity index (χ1n) is 18.1. The largest absolute Gasteiger partial charge is 0.364 e. The molecule has 3 amide bonds. The quantitative estimate of drug-likeness (QED) is 0.178.